The second-order valence-corrected chi connectivity index (χ2v) is 19.5. The smallest absolute Gasteiger partial charge is 0.275 e. The van der Waals surface area contributed by atoms with E-state index in [9.17, 15) is 0 Å². The molecule has 0 saturated heterocycles. The summed E-state index contributed by atoms with van der Waals surface area (Å²) in [6.07, 6.45) is 0. The number of hydrogen-bond acceptors (Lipinski definition) is 2. The predicted octanol–water partition coefficient (Wildman–Crippen LogP) is 3.45. The topological polar surface area (TPSA) is 12.5 Å². The van der Waals surface area contributed by atoms with E-state index in [4.69, 9.17) is 15.5 Å². The van der Waals surface area contributed by atoms with Gasteiger partial charge in [0.1, 0.15) is 16.5 Å². The van der Waals surface area contributed by atoms with Crippen LogP contribution in [0.25, 0.3) is 0 Å². The van der Waals surface area contributed by atoms with Gasteiger partial charge in [-0.2, -0.15) is 0 Å². The Kier molecular flexibility index (Phi) is 7.06. The minimum Gasteiger partial charge on any atom is -0.406 e. The third-order valence-corrected chi connectivity index (χ3v) is 12.7. The zero-order valence-corrected chi connectivity index (χ0v) is 15.8. The average molecular weight is 298 g/mol. The van der Waals surface area contributed by atoms with Crippen molar-refractivity contribution in [2.24, 2.45) is 0 Å². The Hall–Kier alpha value is 0.861. The zero-order valence-electron chi connectivity index (χ0n) is 11.9. The molecule has 0 aliphatic heterocycles. The van der Waals surface area contributed by atoms with E-state index in [-0.39, 0.29) is 0 Å². The van der Waals surface area contributed by atoms with Crippen LogP contribution in [0.1, 0.15) is 6.92 Å². The second kappa shape index (κ2) is 6.70. The molecule has 0 N–H and O–H groups in total. The average Bonchev–Trinajstić information content (AvgIpc) is 1.99. The van der Waals surface area contributed by atoms with Crippen molar-refractivity contribution < 1.29 is 4.43 Å². The van der Waals surface area contributed by atoms with Gasteiger partial charge in [-0.25, -0.2) is 0 Å². The van der Waals surface area contributed by atoms with E-state index in [1.807, 2.05) is 6.92 Å². The summed E-state index contributed by atoms with van der Waals surface area (Å²) in [5, 5.41) is 0. The molecule has 0 amide bonds. The van der Waals surface area contributed by atoms with E-state index < -0.39 is 24.8 Å². The molecule has 1 atom stereocenters. The van der Waals surface area contributed by atoms with Crippen molar-refractivity contribution in [2.45, 2.75) is 52.2 Å². The van der Waals surface area contributed by atoms with Gasteiger partial charge in [-0.3, -0.25) is 0 Å². The minimum atomic E-state index is -1.43. The Morgan fingerprint density at radius 1 is 1.06 bits per heavy atom. The van der Waals surface area contributed by atoms with Crippen LogP contribution in [0.5, 0.6) is 0 Å². The molecule has 0 fully saturated rings. The van der Waals surface area contributed by atoms with Crippen molar-refractivity contribution in [2.75, 3.05) is 13.2 Å². The molecule has 0 radical (unpaired) electrons. The van der Waals surface area contributed by atoms with Crippen LogP contribution in [-0.2, 0) is 4.43 Å². The molecule has 0 bridgehead atoms. The Morgan fingerprint density at radius 2 is 1.50 bits per heavy atom. The van der Waals surface area contributed by atoms with Crippen LogP contribution in [0.3, 0.4) is 0 Å². The third-order valence-electron chi connectivity index (χ3n) is 2.55. The first-order chi connectivity index (χ1) is 7.09. The molecule has 0 aromatic carbocycles. The van der Waals surface area contributed by atoms with Crippen LogP contribution in [0, 0.1) is 0 Å². The molecule has 0 heterocycles. The van der Waals surface area contributed by atoms with E-state index in [2.05, 4.69) is 43.5 Å². The maximum absolute atomic E-state index is 6.25. The van der Waals surface area contributed by atoms with Crippen molar-refractivity contribution >= 4 is 35.9 Å². The Balaban J connectivity index is 4.36. The molecule has 0 saturated carbocycles. The first-order valence-corrected chi connectivity index (χ1v) is 16.0. The van der Waals surface area contributed by atoms with E-state index in [1.165, 1.54) is 0 Å². The largest absolute Gasteiger partial charge is 0.406 e. The first kappa shape index (κ1) is 16.9. The summed E-state index contributed by atoms with van der Waals surface area (Å²) < 4.78 is 8.31. The zero-order chi connectivity index (χ0) is 13.0. The highest BCUT2D eigenvalue weighted by Crippen LogP contribution is 2.20. The number of rotatable bonds is 7. The fourth-order valence-electron chi connectivity index (χ4n) is 2.17. The lowest BCUT2D eigenvalue weighted by Gasteiger charge is -2.43. The van der Waals surface area contributed by atoms with Crippen molar-refractivity contribution in [3.8, 4) is 0 Å². The lowest BCUT2D eigenvalue weighted by Crippen LogP contribution is -2.59. The van der Waals surface area contributed by atoms with Gasteiger partial charge in [0.05, 0.1) is 0 Å². The highest BCUT2D eigenvalue weighted by molar-refractivity contribution is 7.03. The van der Waals surface area contributed by atoms with Gasteiger partial charge in [-0.15, -0.1) is 11.1 Å². The molecule has 16 heavy (non-hydrogen) atoms. The molecule has 1 unspecified atom stereocenters. The van der Waals surface area contributed by atoms with Gasteiger partial charge in [0.2, 0.25) is 0 Å². The highest BCUT2D eigenvalue weighted by atomic mass is 35.6. The fourth-order valence-corrected chi connectivity index (χ4v) is 14.0. The number of hydrogen-bond donors (Lipinski definition) is 0. The van der Waals surface area contributed by atoms with E-state index in [0.717, 1.165) is 19.2 Å². The summed E-state index contributed by atoms with van der Waals surface area (Å²) in [6, 6.07) is 1.07. The molecule has 98 valence electrons. The van der Waals surface area contributed by atoms with Crippen LogP contribution in [0.4, 0.5) is 0 Å². The van der Waals surface area contributed by atoms with Gasteiger partial charge in [0.15, 0.2) is 0 Å². The molecular weight excluding hydrogens is 270 g/mol. The Bertz CT molecular complexity index is 189. The normalized spacial score (nSPS) is 15.6. The van der Waals surface area contributed by atoms with Crippen molar-refractivity contribution in [1.29, 1.82) is 0 Å². The fraction of sp³-hybridized carbons (Fsp3) is 1.00. The van der Waals surface area contributed by atoms with Gasteiger partial charge in [-0.1, -0.05) is 39.3 Å². The molecule has 6 heteroatoms. The summed E-state index contributed by atoms with van der Waals surface area (Å²) in [5.41, 5.74) is 0. The Labute approximate surface area is 110 Å². The van der Waals surface area contributed by atoms with Gasteiger partial charge in [0.25, 0.3) is 8.35 Å². The second-order valence-electron chi connectivity index (χ2n) is 6.15. The summed E-state index contributed by atoms with van der Waals surface area (Å²) in [7, 11) is -3.84. The lowest BCUT2D eigenvalue weighted by molar-refractivity contribution is 0.352. The SMILES string of the molecule is CCO[SiH](Cl)CCN([Si](C)(C)C)[Si](C)(C)C. The van der Waals surface area contributed by atoms with Crippen LogP contribution in [0.15, 0.2) is 0 Å². The first-order valence-electron chi connectivity index (χ1n) is 6.12. The van der Waals surface area contributed by atoms with Crippen LogP contribution < -0.4 is 0 Å². The molecular formula is C10H28ClNOSi3. The van der Waals surface area contributed by atoms with Crippen LogP contribution in [-0.4, -0.2) is 42.2 Å². The van der Waals surface area contributed by atoms with Crippen molar-refractivity contribution in [3.63, 3.8) is 0 Å². The van der Waals surface area contributed by atoms with Crippen molar-refractivity contribution in [3.05, 3.63) is 0 Å². The summed E-state index contributed by atoms with van der Waals surface area (Å²) in [6.45, 7) is 18.5. The van der Waals surface area contributed by atoms with E-state index >= 15 is 0 Å². The minimum absolute atomic E-state index is 0.764. The molecule has 0 aliphatic rings. The molecule has 0 aromatic rings. The Morgan fingerprint density at radius 3 is 1.81 bits per heavy atom. The molecule has 0 aliphatic carbocycles. The molecule has 0 aromatic heterocycles. The van der Waals surface area contributed by atoms with Gasteiger partial charge < -0.3 is 8.66 Å². The monoisotopic (exact) mass is 297 g/mol. The summed E-state index contributed by atoms with van der Waals surface area (Å²) in [5.74, 6) is 0. The third kappa shape index (κ3) is 6.56. The predicted molar refractivity (Wildman–Crippen MR) is 82.8 cm³/mol. The highest BCUT2D eigenvalue weighted by Gasteiger charge is 2.34. The quantitative estimate of drug-likeness (QED) is 0.527. The lowest BCUT2D eigenvalue weighted by atomic mass is 10.8. The van der Waals surface area contributed by atoms with Crippen LogP contribution >= 0.6 is 11.1 Å². The summed E-state index contributed by atoms with van der Waals surface area (Å²) in [4.78, 5) is 0. The number of nitrogens with zero attached hydrogens (tertiary/aromatic N) is 1. The maximum Gasteiger partial charge on any atom is 0.275 e. The van der Waals surface area contributed by atoms with E-state index in [0.29, 0.717) is 0 Å². The molecule has 0 rings (SSSR count). The molecule has 2 nitrogen and oxygen atoms in total. The van der Waals surface area contributed by atoms with Crippen molar-refractivity contribution in [1.82, 2.24) is 4.23 Å². The maximum atomic E-state index is 6.25. The molecule has 0 spiro atoms. The van der Waals surface area contributed by atoms with Crippen LogP contribution in [0.2, 0.25) is 45.3 Å². The van der Waals surface area contributed by atoms with Gasteiger partial charge in [0, 0.05) is 6.61 Å². The van der Waals surface area contributed by atoms with Gasteiger partial charge >= 0.3 is 0 Å². The standard InChI is InChI=1S/C10H28ClNOSi3/c1-8-13-14(11)10-9-12(15(2,3)4)16(5,6)7/h14H,8-10H2,1-7H3. The van der Waals surface area contributed by atoms with E-state index in [1.54, 1.807) is 0 Å². The number of halogens is 1. The summed E-state index contributed by atoms with van der Waals surface area (Å²) >= 11 is 6.25. The van der Waals surface area contributed by atoms with Gasteiger partial charge in [-0.05, 0) is 19.5 Å².